The van der Waals surface area contributed by atoms with E-state index in [1.54, 1.807) is 17.0 Å². The van der Waals surface area contributed by atoms with Crippen molar-refractivity contribution < 1.29 is 27.9 Å². The van der Waals surface area contributed by atoms with E-state index in [0.29, 0.717) is 32.7 Å². The Morgan fingerprint density at radius 1 is 0.862 bits per heavy atom. The summed E-state index contributed by atoms with van der Waals surface area (Å²) in [4.78, 5) is 27.2. The molecule has 2 aromatic rings. The van der Waals surface area contributed by atoms with Crippen LogP contribution >= 0.6 is 0 Å². The maximum absolute atomic E-state index is 12.6. The molecule has 1 heterocycles. The van der Waals surface area contributed by atoms with Gasteiger partial charge in [0.2, 0.25) is 5.91 Å². The van der Waals surface area contributed by atoms with E-state index in [9.17, 15) is 22.8 Å². The number of carbonyl (C=O) groups is 2. The molecular weight excluding hydrogens is 385 g/mol. The summed E-state index contributed by atoms with van der Waals surface area (Å²) in [7, 11) is 0. The second-order valence-corrected chi connectivity index (χ2v) is 7.03. The van der Waals surface area contributed by atoms with E-state index in [2.05, 4.69) is 4.90 Å². The van der Waals surface area contributed by atoms with Gasteiger partial charge < -0.3 is 10.0 Å². The van der Waals surface area contributed by atoms with Crippen molar-refractivity contribution in [2.45, 2.75) is 19.1 Å². The number of halogens is 3. The van der Waals surface area contributed by atoms with Gasteiger partial charge >= 0.3 is 12.1 Å². The van der Waals surface area contributed by atoms with Crippen LogP contribution in [-0.2, 0) is 23.9 Å². The van der Waals surface area contributed by atoms with Gasteiger partial charge in [0.05, 0.1) is 17.5 Å². The molecule has 154 valence electrons. The molecule has 1 saturated heterocycles. The van der Waals surface area contributed by atoms with Crippen LogP contribution in [0, 0.1) is 0 Å². The Hall–Kier alpha value is -2.87. The van der Waals surface area contributed by atoms with Gasteiger partial charge in [0, 0.05) is 32.7 Å². The molecule has 1 aliphatic rings. The number of hydrogen-bond acceptors (Lipinski definition) is 3. The predicted molar refractivity (Wildman–Crippen MR) is 100 cm³/mol. The number of piperazine rings is 1. The molecule has 8 heteroatoms. The molecule has 0 aliphatic carbocycles. The highest BCUT2D eigenvalue weighted by molar-refractivity contribution is 5.87. The lowest BCUT2D eigenvalue weighted by Crippen LogP contribution is -2.48. The van der Waals surface area contributed by atoms with Gasteiger partial charge in [-0.15, -0.1) is 0 Å². The van der Waals surface area contributed by atoms with E-state index in [1.807, 2.05) is 0 Å². The van der Waals surface area contributed by atoms with Crippen LogP contribution in [0.2, 0.25) is 0 Å². The number of carbonyl (C=O) groups excluding carboxylic acids is 1. The first-order valence-electron chi connectivity index (χ1n) is 9.21. The lowest BCUT2D eigenvalue weighted by atomic mass is 10.1. The first kappa shape index (κ1) is 20.9. The van der Waals surface area contributed by atoms with Gasteiger partial charge in [-0.2, -0.15) is 13.2 Å². The van der Waals surface area contributed by atoms with Gasteiger partial charge in [0.1, 0.15) is 0 Å². The predicted octanol–water partition coefficient (Wildman–Crippen LogP) is 3.29. The van der Waals surface area contributed by atoms with E-state index >= 15 is 0 Å². The number of amides is 1. The van der Waals surface area contributed by atoms with Crippen molar-refractivity contribution in [1.29, 1.82) is 0 Å². The molecule has 1 aliphatic heterocycles. The van der Waals surface area contributed by atoms with Crippen LogP contribution in [0.3, 0.4) is 0 Å². The summed E-state index contributed by atoms with van der Waals surface area (Å²) < 4.78 is 37.9. The maximum Gasteiger partial charge on any atom is 0.416 e. The summed E-state index contributed by atoms with van der Waals surface area (Å²) in [5.41, 5.74) is 1.08. The van der Waals surface area contributed by atoms with Crippen LogP contribution in [0.1, 0.15) is 27.0 Å². The average molecular weight is 406 g/mol. The van der Waals surface area contributed by atoms with Crippen LogP contribution in [0.4, 0.5) is 13.2 Å². The molecule has 1 N–H and O–H groups in total. The fourth-order valence-corrected chi connectivity index (χ4v) is 3.26. The number of nitrogens with zero attached hydrogens (tertiary/aromatic N) is 2. The third kappa shape index (κ3) is 5.57. The Bertz CT molecular complexity index is 856. The summed E-state index contributed by atoms with van der Waals surface area (Å²) in [5, 5.41) is 8.91. The van der Waals surface area contributed by atoms with Gasteiger partial charge in [0.25, 0.3) is 0 Å². The van der Waals surface area contributed by atoms with Gasteiger partial charge in [-0.05, 0) is 35.4 Å². The van der Waals surface area contributed by atoms with E-state index in [-0.39, 0.29) is 17.9 Å². The van der Waals surface area contributed by atoms with Crippen molar-refractivity contribution in [1.82, 2.24) is 9.80 Å². The molecule has 2 aromatic carbocycles. The zero-order valence-electron chi connectivity index (χ0n) is 15.7. The van der Waals surface area contributed by atoms with Crippen LogP contribution in [0.15, 0.2) is 48.5 Å². The van der Waals surface area contributed by atoms with Crippen molar-refractivity contribution in [3.63, 3.8) is 0 Å². The van der Waals surface area contributed by atoms with Gasteiger partial charge in [-0.3, -0.25) is 9.69 Å². The van der Waals surface area contributed by atoms with E-state index in [1.165, 1.54) is 24.3 Å². The Labute approximate surface area is 166 Å². The topological polar surface area (TPSA) is 60.9 Å². The van der Waals surface area contributed by atoms with Crippen LogP contribution in [-0.4, -0.2) is 53.0 Å². The van der Waals surface area contributed by atoms with Crippen molar-refractivity contribution in [3.05, 3.63) is 70.8 Å². The quantitative estimate of drug-likeness (QED) is 0.828. The summed E-state index contributed by atoms with van der Waals surface area (Å²) in [6.45, 7) is 2.92. The fraction of sp³-hybridized carbons (Fsp3) is 0.333. The molecule has 0 atom stereocenters. The Morgan fingerprint density at radius 2 is 1.41 bits per heavy atom. The largest absolute Gasteiger partial charge is 0.478 e. The molecule has 3 rings (SSSR count). The number of rotatable bonds is 5. The van der Waals surface area contributed by atoms with E-state index in [4.69, 9.17) is 5.11 Å². The minimum absolute atomic E-state index is 0.0257. The van der Waals surface area contributed by atoms with Crippen molar-refractivity contribution >= 4 is 11.9 Å². The van der Waals surface area contributed by atoms with Gasteiger partial charge in [0.15, 0.2) is 0 Å². The molecule has 0 saturated carbocycles. The molecule has 1 amide bonds. The molecule has 0 aromatic heterocycles. The number of carboxylic acid groups (broad SMARTS) is 1. The lowest BCUT2D eigenvalue weighted by Gasteiger charge is -2.35. The third-order valence-corrected chi connectivity index (χ3v) is 4.97. The fourth-order valence-electron chi connectivity index (χ4n) is 3.26. The number of hydrogen-bond donors (Lipinski definition) is 1. The molecule has 1 fully saturated rings. The Morgan fingerprint density at radius 3 is 1.93 bits per heavy atom. The molecule has 0 spiro atoms. The van der Waals surface area contributed by atoms with Gasteiger partial charge in [-0.1, -0.05) is 24.3 Å². The number of aromatic carboxylic acids is 1. The maximum atomic E-state index is 12.6. The summed E-state index contributed by atoms with van der Waals surface area (Å²) in [6, 6.07) is 11.4. The number of alkyl halides is 3. The second-order valence-electron chi connectivity index (χ2n) is 7.03. The number of benzene rings is 2. The molecule has 0 unspecified atom stereocenters. The van der Waals surface area contributed by atoms with Crippen LogP contribution in [0.5, 0.6) is 0 Å². The zero-order chi connectivity index (χ0) is 21.0. The molecule has 0 bridgehead atoms. The standard InChI is InChI=1S/C21H21F3N2O3/c22-21(23,24)18-7-3-16(4-8-18)14-25-9-11-26(12-10-25)19(27)13-15-1-5-17(6-2-15)20(28)29/h1-8H,9-14H2,(H,28,29). The van der Waals surface area contributed by atoms with Crippen LogP contribution in [0.25, 0.3) is 0 Å². The van der Waals surface area contributed by atoms with Crippen molar-refractivity contribution in [2.24, 2.45) is 0 Å². The summed E-state index contributed by atoms with van der Waals surface area (Å²) in [5.74, 6) is -1.03. The van der Waals surface area contributed by atoms with Gasteiger partial charge in [-0.25, -0.2) is 4.79 Å². The normalized spacial score (nSPS) is 15.3. The van der Waals surface area contributed by atoms with E-state index in [0.717, 1.165) is 23.3 Å². The summed E-state index contributed by atoms with van der Waals surface area (Å²) in [6.07, 6.45) is -4.13. The highest BCUT2D eigenvalue weighted by Crippen LogP contribution is 2.29. The lowest BCUT2D eigenvalue weighted by molar-refractivity contribution is -0.137. The third-order valence-electron chi connectivity index (χ3n) is 4.97. The SMILES string of the molecule is O=C(O)c1ccc(CC(=O)N2CCN(Cc3ccc(C(F)(F)F)cc3)CC2)cc1. The first-order chi connectivity index (χ1) is 13.7. The summed E-state index contributed by atoms with van der Waals surface area (Å²) >= 11 is 0. The van der Waals surface area contributed by atoms with Crippen molar-refractivity contribution in [3.8, 4) is 0 Å². The van der Waals surface area contributed by atoms with E-state index < -0.39 is 17.7 Å². The monoisotopic (exact) mass is 406 g/mol. The Kier molecular flexibility index (Phi) is 6.22. The molecular formula is C21H21F3N2O3. The smallest absolute Gasteiger partial charge is 0.416 e. The highest BCUT2D eigenvalue weighted by Gasteiger charge is 2.30. The molecule has 0 radical (unpaired) electrons. The second kappa shape index (κ2) is 8.65. The van der Waals surface area contributed by atoms with Crippen molar-refractivity contribution in [2.75, 3.05) is 26.2 Å². The zero-order valence-corrected chi connectivity index (χ0v) is 15.7. The first-order valence-corrected chi connectivity index (χ1v) is 9.21. The molecule has 5 nitrogen and oxygen atoms in total. The minimum Gasteiger partial charge on any atom is -0.478 e. The minimum atomic E-state index is -4.33. The molecule has 29 heavy (non-hydrogen) atoms. The highest BCUT2D eigenvalue weighted by atomic mass is 19.4. The number of carboxylic acids is 1. The Balaban J connectivity index is 1.48. The average Bonchev–Trinajstić information content (AvgIpc) is 2.68. The van der Waals surface area contributed by atoms with Crippen LogP contribution < -0.4 is 0 Å².